The number of nitrogens with one attached hydrogen (secondary N) is 1. The lowest BCUT2D eigenvalue weighted by molar-refractivity contribution is -0.00290. The number of H-pyrrole nitrogens is 1. The van der Waals surface area contributed by atoms with E-state index in [1.54, 1.807) is 11.0 Å². The second-order valence-electron chi connectivity index (χ2n) is 8.22. The van der Waals surface area contributed by atoms with E-state index in [1.165, 1.54) is 12.8 Å². The second-order valence-corrected chi connectivity index (χ2v) is 8.22. The molecule has 0 spiro atoms. The van der Waals surface area contributed by atoms with Gasteiger partial charge in [0.25, 0.3) is 11.5 Å². The van der Waals surface area contributed by atoms with Crippen LogP contribution in [0.2, 0.25) is 0 Å². The van der Waals surface area contributed by atoms with E-state index in [0.29, 0.717) is 32.5 Å². The zero-order valence-electron chi connectivity index (χ0n) is 15.4. The number of aromatic amines is 1. The third kappa shape index (κ3) is 3.58. The molecule has 2 aliphatic heterocycles. The standard InChI is InChI=1S/C20H29N3O3/c24-18-16(13-15-5-3-6-17(15)21-18)19(25)23-11-4-7-20(26,8-12-23)14-22-9-1-2-10-22/h13,26H,1-12,14H2,(H,21,24). The number of rotatable bonds is 3. The minimum absolute atomic E-state index is 0.189. The van der Waals surface area contributed by atoms with Crippen molar-refractivity contribution in [3.05, 3.63) is 33.2 Å². The number of aromatic nitrogens is 1. The molecule has 1 aromatic rings. The molecule has 3 heterocycles. The summed E-state index contributed by atoms with van der Waals surface area (Å²) in [6.45, 7) is 3.96. The Bertz CT molecular complexity index is 738. The van der Waals surface area contributed by atoms with Gasteiger partial charge in [0.1, 0.15) is 5.56 Å². The van der Waals surface area contributed by atoms with Gasteiger partial charge < -0.3 is 19.9 Å². The summed E-state index contributed by atoms with van der Waals surface area (Å²) in [5.74, 6) is -0.189. The number of pyridine rings is 1. The Balaban J connectivity index is 1.45. The number of carbonyl (C=O) groups excluding carboxylic acids is 1. The van der Waals surface area contributed by atoms with Crippen LogP contribution in [0.3, 0.4) is 0 Å². The Labute approximate surface area is 154 Å². The third-order valence-electron chi connectivity index (χ3n) is 6.24. The molecule has 1 unspecified atom stereocenters. The van der Waals surface area contributed by atoms with Crippen LogP contribution in [0.25, 0.3) is 0 Å². The van der Waals surface area contributed by atoms with Gasteiger partial charge in [-0.25, -0.2) is 0 Å². The van der Waals surface area contributed by atoms with Crippen LogP contribution < -0.4 is 5.56 Å². The van der Waals surface area contributed by atoms with Crippen LogP contribution in [0.15, 0.2) is 10.9 Å². The lowest BCUT2D eigenvalue weighted by Crippen LogP contribution is -2.43. The Morgan fingerprint density at radius 2 is 1.88 bits per heavy atom. The number of likely N-dealkylation sites (tertiary alicyclic amines) is 2. The van der Waals surface area contributed by atoms with Gasteiger partial charge >= 0.3 is 0 Å². The molecular formula is C20H29N3O3. The second kappa shape index (κ2) is 7.16. The minimum Gasteiger partial charge on any atom is -0.388 e. The average Bonchev–Trinajstić information content (AvgIpc) is 3.23. The van der Waals surface area contributed by atoms with Crippen molar-refractivity contribution >= 4 is 5.91 Å². The molecule has 26 heavy (non-hydrogen) atoms. The lowest BCUT2D eigenvalue weighted by atomic mass is 9.94. The molecule has 2 saturated heterocycles. The first-order valence-corrected chi connectivity index (χ1v) is 10.0. The summed E-state index contributed by atoms with van der Waals surface area (Å²) in [6, 6.07) is 1.80. The first kappa shape index (κ1) is 17.7. The van der Waals surface area contributed by atoms with Crippen LogP contribution in [-0.2, 0) is 12.8 Å². The van der Waals surface area contributed by atoms with E-state index < -0.39 is 5.60 Å². The fourth-order valence-corrected chi connectivity index (χ4v) is 4.74. The van der Waals surface area contributed by atoms with Crippen LogP contribution in [0.4, 0.5) is 0 Å². The van der Waals surface area contributed by atoms with Gasteiger partial charge in [-0.2, -0.15) is 0 Å². The van der Waals surface area contributed by atoms with Crippen molar-refractivity contribution < 1.29 is 9.90 Å². The molecule has 2 N–H and O–H groups in total. The predicted octanol–water partition coefficient (Wildman–Crippen LogP) is 1.32. The molecule has 1 amide bonds. The van der Waals surface area contributed by atoms with Crippen LogP contribution >= 0.6 is 0 Å². The molecule has 1 aromatic heterocycles. The van der Waals surface area contributed by atoms with Crippen molar-refractivity contribution in [2.45, 2.75) is 57.0 Å². The Kier molecular flexibility index (Phi) is 4.88. The van der Waals surface area contributed by atoms with Crippen molar-refractivity contribution in [1.29, 1.82) is 0 Å². The highest BCUT2D eigenvalue weighted by Crippen LogP contribution is 2.26. The number of β-amino-alcohol motifs (C(OH)–C–C–N with tert-alkyl or cyclic N) is 1. The van der Waals surface area contributed by atoms with Crippen molar-refractivity contribution in [3.63, 3.8) is 0 Å². The quantitative estimate of drug-likeness (QED) is 0.853. The van der Waals surface area contributed by atoms with E-state index in [4.69, 9.17) is 0 Å². The highest BCUT2D eigenvalue weighted by molar-refractivity contribution is 5.94. The smallest absolute Gasteiger partial charge is 0.261 e. The maximum atomic E-state index is 12.9. The van der Waals surface area contributed by atoms with Gasteiger partial charge in [0, 0.05) is 25.3 Å². The maximum absolute atomic E-state index is 12.9. The summed E-state index contributed by atoms with van der Waals surface area (Å²) >= 11 is 0. The number of hydrogen-bond acceptors (Lipinski definition) is 4. The topological polar surface area (TPSA) is 76.6 Å². The molecular weight excluding hydrogens is 330 g/mol. The van der Waals surface area contributed by atoms with E-state index >= 15 is 0 Å². The van der Waals surface area contributed by atoms with Crippen LogP contribution in [0.5, 0.6) is 0 Å². The molecule has 0 saturated carbocycles. The summed E-state index contributed by atoms with van der Waals surface area (Å²) in [6.07, 6.45) is 7.36. The number of hydrogen-bond donors (Lipinski definition) is 2. The van der Waals surface area contributed by atoms with Gasteiger partial charge in [-0.3, -0.25) is 9.59 Å². The highest BCUT2D eigenvalue weighted by atomic mass is 16.3. The molecule has 0 radical (unpaired) electrons. The Morgan fingerprint density at radius 3 is 2.69 bits per heavy atom. The van der Waals surface area contributed by atoms with Gasteiger partial charge in [0.2, 0.25) is 0 Å². The van der Waals surface area contributed by atoms with Gasteiger partial charge in [-0.15, -0.1) is 0 Å². The molecule has 0 aromatic carbocycles. The van der Waals surface area contributed by atoms with Crippen LogP contribution in [-0.4, -0.2) is 64.1 Å². The largest absolute Gasteiger partial charge is 0.388 e. The number of amides is 1. The minimum atomic E-state index is -0.719. The van der Waals surface area contributed by atoms with E-state index in [1.807, 2.05) is 0 Å². The predicted molar refractivity (Wildman–Crippen MR) is 99.5 cm³/mol. The van der Waals surface area contributed by atoms with Crippen LogP contribution in [0.1, 0.15) is 60.1 Å². The summed E-state index contributed by atoms with van der Waals surface area (Å²) in [5, 5.41) is 11.0. The van der Waals surface area contributed by atoms with E-state index in [0.717, 1.165) is 50.0 Å². The zero-order valence-corrected chi connectivity index (χ0v) is 15.4. The number of fused-ring (bicyclic) bond motifs is 1. The fraction of sp³-hybridized carbons (Fsp3) is 0.700. The molecule has 6 heteroatoms. The first-order valence-electron chi connectivity index (χ1n) is 10.0. The average molecular weight is 359 g/mol. The SMILES string of the molecule is O=C(c1cc2c([nH]c1=O)CCC2)N1CCCC(O)(CN2CCCC2)CC1. The Morgan fingerprint density at radius 1 is 1.08 bits per heavy atom. The van der Waals surface area contributed by atoms with Crippen molar-refractivity contribution in [3.8, 4) is 0 Å². The van der Waals surface area contributed by atoms with Crippen molar-refractivity contribution in [2.24, 2.45) is 0 Å². The molecule has 4 rings (SSSR count). The normalized spacial score (nSPS) is 26.7. The molecule has 6 nitrogen and oxygen atoms in total. The van der Waals surface area contributed by atoms with E-state index in [-0.39, 0.29) is 17.0 Å². The van der Waals surface area contributed by atoms with Gasteiger partial charge in [0.05, 0.1) is 5.60 Å². The summed E-state index contributed by atoms with van der Waals surface area (Å²) in [4.78, 5) is 32.3. The Hall–Kier alpha value is -1.66. The van der Waals surface area contributed by atoms with Gasteiger partial charge in [-0.1, -0.05) is 0 Å². The number of aliphatic hydroxyl groups is 1. The summed E-state index contributed by atoms with van der Waals surface area (Å²) in [5.41, 5.74) is 1.36. The summed E-state index contributed by atoms with van der Waals surface area (Å²) in [7, 11) is 0. The number of nitrogens with zero attached hydrogens (tertiary/aromatic N) is 2. The highest BCUT2D eigenvalue weighted by Gasteiger charge is 2.34. The molecule has 1 atom stereocenters. The van der Waals surface area contributed by atoms with Gasteiger partial charge in [0.15, 0.2) is 0 Å². The zero-order chi connectivity index (χ0) is 18.1. The van der Waals surface area contributed by atoms with Gasteiger partial charge in [-0.05, 0) is 76.1 Å². The summed E-state index contributed by atoms with van der Waals surface area (Å²) < 4.78 is 0. The van der Waals surface area contributed by atoms with E-state index in [9.17, 15) is 14.7 Å². The molecule has 1 aliphatic carbocycles. The lowest BCUT2D eigenvalue weighted by Gasteiger charge is -2.31. The number of aryl methyl sites for hydroxylation is 2. The van der Waals surface area contributed by atoms with E-state index in [2.05, 4.69) is 9.88 Å². The molecule has 0 bridgehead atoms. The maximum Gasteiger partial charge on any atom is 0.261 e. The van der Waals surface area contributed by atoms with Crippen LogP contribution in [0, 0.1) is 0 Å². The number of carbonyl (C=O) groups is 1. The molecule has 3 aliphatic rings. The third-order valence-corrected chi connectivity index (χ3v) is 6.24. The first-order chi connectivity index (χ1) is 12.5. The van der Waals surface area contributed by atoms with Crippen molar-refractivity contribution in [1.82, 2.24) is 14.8 Å². The monoisotopic (exact) mass is 359 g/mol. The van der Waals surface area contributed by atoms with Crippen molar-refractivity contribution in [2.75, 3.05) is 32.7 Å². The fourth-order valence-electron chi connectivity index (χ4n) is 4.74. The molecule has 2 fully saturated rings. The molecule has 142 valence electrons.